The van der Waals surface area contributed by atoms with Gasteiger partial charge in [-0.1, -0.05) is 48.5 Å². The highest BCUT2D eigenvalue weighted by Gasteiger charge is 2.44. The second kappa shape index (κ2) is 8.23. The van der Waals surface area contributed by atoms with Crippen molar-refractivity contribution in [3.05, 3.63) is 82.0 Å². The highest BCUT2D eigenvalue weighted by molar-refractivity contribution is 7.12. The zero-order valence-corrected chi connectivity index (χ0v) is 16.5. The molecule has 1 amide bonds. The van der Waals surface area contributed by atoms with Gasteiger partial charge in [0.2, 0.25) is 0 Å². The van der Waals surface area contributed by atoms with Crippen LogP contribution < -0.4 is 14.8 Å². The number of para-hydroxylation sites is 1. The minimum absolute atomic E-state index is 0.118. The number of fused-ring (bicyclic) bond motifs is 1. The summed E-state index contributed by atoms with van der Waals surface area (Å²) in [7, 11) is 0. The Morgan fingerprint density at radius 2 is 1.80 bits per heavy atom. The molecule has 2 heterocycles. The number of Topliss-reactive ketones (excluding diaryl/α,β-unsaturated/α-hetero) is 1. The maximum Gasteiger partial charge on any atom is 0.586 e. The highest BCUT2D eigenvalue weighted by atomic mass is 32.1. The van der Waals surface area contributed by atoms with Gasteiger partial charge in [0.15, 0.2) is 17.3 Å². The van der Waals surface area contributed by atoms with Crippen LogP contribution in [-0.2, 0) is 17.6 Å². The number of nitrogens with one attached hydrogen (secondary N) is 1. The van der Waals surface area contributed by atoms with Gasteiger partial charge < -0.3 is 14.8 Å². The number of carbonyl (C=O) groups is 2. The van der Waals surface area contributed by atoms with Crippen molar-refractivity contribution >= 4 is 23.0 Å². The number of benzene rings is 2. The number of carbonyl (C=O) groups excluding carboxylic acids is 2. The Balaban J connectivity index is 1.55. The molecule has 2 aromatic carbocycles. The number of amides is 1. The Bertz CT molecular complexity index is 1050. The summed E-state index contributed by atoms with van der Waals surface area (Å²) in [6, 6.07) is 16.2. The molecular formula is C22H17F2NO4S. The third kappa shape index (κ3) is 4.49. The van der Waals surface area contributed by atoms with Gasteiger partial charge in [0.05, 0.1) is 10.9 Å². The van der Waals surface area contributed by atoms with E-state index in [0.29, 0.717) is 4.88 Å². The fourth-order valence-corrected chi connectivity index (χ4v) is 3.83. The van der Waals surface area contributed by atoms with Crippen LogP contribution in [0, 0.1) is 0 Å². The number of halogens is 2. The Morgan fingerprint density at radius 3 is 2.53 bits per heavy atom. The monoisotopic (exact) mass is 429 g/mol. The van der Waals surface area contributed by atoms with E-state index in [-0.39, 0.29) is 41.6 Å². The molecule has 0 saturated heterocycles. The van der Waals surface area contributed by atoms with E-state index in [4.69, 9.17) is 0 Å². The number of hydrogen-bond donors (Lipinski definition) is 1. The van der Waals surface area contributed by atoms with E-state index in [1.807, 2.05) is 30.3 Å². The van der Waals surface area contributed by atoms with E-state index in [0.717, 1.165) is 5.56 Å². The predicted molar refractivity (Wildman–Crippen MR) is 107 cm³/mol. The Labute approximate surface area is 175 Å². The Kier molecular flexibility index (Phi) is 5.50. The fraction of sp³-hybridized carbons (Fsp3) is 0.182. The first-order valence-corrected chi connectivity index (χ1v) is 10.1. The molecule has 1 aliphatic rings. The molecule has 1 atom stereocenters. The SMILES string of the molecule is O=C(NC(Cc1ccccc1)C(=O)Cc1cccc2c1OC(F)(F)O2)c1cccs1. The van der Waals surface area contributed by atoms with E-state index in [2.05, 4.69) is 14.8 Å². The standard InChI is InChI=1S/C22H17F2NO4S/c23-22(24)28-18-9-4-8-15(20(18)29-22)13-17(26)16(12-14-6-2-1-3-7-14)25-21(27)19-10-5-11-30-19/h1-11,16H,12-13H2,(H,25,27). The number of alkyl halides is 2. The van der Waals surface area contributed by atoms with Gasteiger partial charge in [-0.05, 0) is 29.5 Å². The zero-order chi connectivity index (χ0) is 21.1. The van der Waals surface area contributed by atoms with Gasteiger partial charge in [0, 0.05) is 12.0 Å². The van der Waals surface area contributed by atoms with Crippen LogP contribution in [0.4, 0.5) is 8.78 Å². The van der Waals surface area contributed by atoms with Crippen molar-refractivity contribution in [3.63, 3.8) is 0 Å². The summed E-state index contributed by atoms with van der Waals surface area (Å²) in [5.41, 5.74) is 1.14. The van der Waals surface area contributed by atoms with Crippen LogP contribution >= 0.6 is 11.3 Å². The summed E-state index contributed by atoms with van der Waals surface area (Å²) in [5.74, 6) is -0.953. The van der Waals surface area contributed by atoms with Gasteiger partial charge in [-0.25, -0.2) is 0 Å². The molecule has 1 aromatic heterocycles. The van der Waals surface area contributed by atoms with Gasteiger partial charge in [-0.15, -0.1) is 20.1 Å². The number of rotatable bonds is 7. The first-order valence-electron chi connectivity index (χ1n) is 9.20. The summed E-state index contributed by atoms with van der Waals surface area (Å²) in [6.07, 6.45) is -3.68. The maximum absolute atomic E-state index is 13.4. The summed E-state index contributed by atoms with van der Waals surface area (Å²) in [6.45, 7) is 0. The third-order valence-corrected chi connectivity index (χ3v) is 5.47. The lowest BCUT2D eigenvalue weighted by Crippen LogP contribution is -2.43. The van der Waals surface area contributed by atoms with Crippen molar-refractivity contribution in [2.75, 3.05) is 0 Å². The minimum atomic E-state index is -3.77. The van der Waals surface area contributed by atoms with Crippen molar-refractivity contribution < 1.29 is 27.8 Å². The zero-order valence-electron chi connectivity index (χ0n) is 15.6. The van der Waals surface area contributed by atoms with Crippen LogP contribution in [0.15, 0.2) is 66.0 Å². The molecule has 8 heteroatoms. The number of thiophene rings is 1. The van der Waals surface area contributed by atoms with Crippen molar-refractivity contribution in [2.45, 2.75) is 25.2 Å². The molecule has 0 fully saturated rings. The summed E-state index contributed by atoms with van der Waals surface area (Å²) in [4.78, 5) is 26.1. The summed E-state index contributed by atoms with van der Waals surface area (Å²) in [5, 5.41) is 4.55. The molecule has 0 aliphatic carbocycles. The molecule has 5 nitrogen and oxygen atoms in total. The van der Waals surface area contributed by atoms with Gasteiger partial charge in [-0.2, -0.15) is 0 Å². The lowest BCUT2D eigenvalue weighted by molar-refractivity contribution is -0.286. The molecule has 0 saturated carbocycles. The average Bonchev–Trinajstić information content (AvgIpc) is 3.35. The van der Waals surface area contributed by atoms with Gasteiger partial charge in [0.25, 0.3) is 5.91 Å². The molecular weight excluding hydrogens is 412 g/mol. The van der Waals surface area contributed by atoms with Crippen LogP contribution in [0.2, 0.25) is 0 Å². The lowest BCUT2D eigenvalue weighted by Gasteiger charge is -2.18. The van der Waals surface area contributed by atoms with Crippen LogP contribution in [-0.4, -0.2) is 24.0 Å². The molecule has 154 valence electrons. The molecule has 3 aromatic rings. The molecule has 1 unspecified atom stereocenters. The Hall–Kier alpha value is -3.26. The third-order valence-electron chi connectivity index (χ3n) is 4.60. The van der Waals surface area contributed by atoms with E-state index in [9.17, 15) is 18.4 Å². The van der Waals surface area contributed by atoms with Crippen molar-refractivity contribution in [1.29, 1.82) is 0 Å². The van der Waals surface area contributed by atoms with Crippen molar-refractivity contribution in [2.24, 2.45) is 0 Å². The molecule has 30 heavy (non-hydrogen) atoms. The Morgan fingerprint density at radius 1 is 1.00 bits per heavy atom. The molecule has 4 rings (SSSR count). The number of ether oxygens (including phenoxy) is 2. The smallest absolute Gasteiger partial charge is 0.395 e. The molecule has 0 bridgehead atoms. The first kappa shape index (κ1) is 20.0. The molecule has 1 aliphatic heterocycles. The van der Waals surface area contributed by atoms with E-state index < -0.39 is 12.3 Å². The number of ketones is 1. The van der Waals surface area contributed by atoms with Crippen molar-refractivity contribution in [3.8, 4) is 11.5 Å². The van der Waals surface area contributed by atoms with Crippen molar-refractivity contribution in [1.82, 2.24) is 5.32 Å². The summed E-state index contributed by atoms with van der Waals surface area (Å²) >= 11 is 1.27. The van der Waals surface area contributed by atoms with E-state index in [1.165, 1.54) is 29.5 Å². The first-order chi connectivity index (χ1) is 14.4. The summed E-state index contributed by atoms with van der Waals surface area (Å²) < 4.78 is 35.9. The minimum Gasteiger partial charge on any atom is -0.395 e. The normalized spacial score (nSPS) is 14.9. The second-order valence-corrected chi connectivity index (χ2v) is 7.70. The van der Waals surface area contributed by atoms with Crippen LogP contribution in [0.3, 0.4) is 0 Å². The fourth-order valence-electron chi connectivity index (χ4n) is 3.21. The van der Waals surface area contributed by atoms with Crippen LogP contribution in [0.1, 0.15) is 20.8 Å². The highest BCUT2D eigenvalue weighted by Crippen LogP contribution is 2.43. The molecule has 0 spiro atoms. The van der Waals surface area contributed by atoms with E-state index in [1.54, 1.807) is 17.5 Å². The average molecular weight is 429 g/mol. The van der Waals surface area contributed by atoms with Gasteiger partial charge >= 0.3 is 6.29 Å². The topological polar surface area (TPSA) is 64.6 Å². The number of hydrogen-bond acceptors (Lipinski definition) is 5. The van der Waals surface area contributed by atoms with E-state index >= 15 is 0 Å². The molecule has 1 N–H and O–H groups in total. The second-order valence-electron chi connectivity index (χ2n) is 6.75. The van der Waals surface area contributed by atoms with Crippen LogP contribution in [0.25, 0.3) is 0 Å². The molecule has 0 radical (unpaired) electrons. The van der Waals surface area contributed by atoms with Gasteiger partial charge in [0.1, 0.15) is 0 Å². The largest absolute Gasteiger partial charge is 0.586 e. The quantitative estimate of drug-likeness (QED) is 0.611. The maximum atomic E-state index is 13.4. The lowest BCUT2D eigenvalue weighted by atomic mass is 9.97. The van der Waals surface area contributed by atoms with Gasteiger partial charge in [-0.3, -0.25) is 9.59 Å². The predicted octanol–water partition coefficient (Wildman–Crippen LogP) is 4.22. The van der Waals surface area contributed by atoms with Crippen LogP contribution in [0.5, 0.6) is 11.5 Å².